The Kier molecular flexibility index (Phi) is 4.00. The Morgan fingerprint density at radius 3 is 2.47 bits per heavy atom. The van der Waals surface area contributed by atoms with Gasteiger partial charge in [0.25, 0.3) is 5.91 Å². The molecular weight excluding hydrogens is 234 g/mol. The Labute approximate surface area is 114 Å². The maximum Gasteiger partial charge on any atom is 0.251 e. The fraction of sp³-hybridized carbons (Fsp3) is 0.235. The predicted molar refractivity (Wildman–Crippen MR) is 79.4 cm³/mol. The monoisotopic (exact) mass is 253 g/mol. The third-order valence-electron chi connectivity index (χ3n) is 3.25. The summed E-state index contributed by atoms with van der Waals surface area (Å²) in [6, 6.07) is 16.1. The maximum absolute atomic E-state index is 11.7. The molecule has 0 aliphatic carbocycles. The molecule has 0 unspecified atom stereocenters. The third-order valence-corrected chi connectivity index (χ3v) is 3.25. The van der Waals surface area contributed by atoms with Gasteiger partial charge >= 0.3 is 0 Å². The van der Waals surface area contributed by atoms with E-state index in [2.05, 4.69) is 37.4 Å². The molecule has 0 heterocycles. The first-order valence-electron chi connectivity index (χ1n) is 6.55. The Balaban J connectivity index is 2.51. The van der Waals surface area contributed by atoms with E-state index in [1.165, 1.54) is 11.1 Å². The molecular formula is C17H19NO. The lowest BCUT2D eigenvalue weighted by Gasteiger charge is -2.13. The molecule has 0 atom stereocenters. The summed E-state index contributed by atoms with van der Waals surface area (Å²) in [5.74, 6) is 0.406. The molecule has 0 aromatic heterocycles. The lowest BCUT2D eigenvalue weighted by molar-refractivity contribution is 0.0963. The summed E-state index contributed by atoms with van der Waals surface area (Å²) in [5, 5.41) is 2.66. The highest BCUT2D eigenvalue weighted by atomic mass is 16.1. The van der Waals surface area contributed by atoms with Crippen molar-refractivity contribution >= 4 is 5.91 Å². The van der Waals surface area contributed by atoms with Crippen molar-refractivity contribution in [3.63, 3.8) is 0 Å². The zero-order chi connectivity index (χ0) is 13.8. The molecule has 0 bridgehead atoms. The Morgan fingerprint density at radius 2 is 1.79 bits per heavy atom. The first-order chi connectivity index (χ1) is 9.13. The molecule has 0 spiro atoms. The van der Waals surface area contributed by atoms with Crippen LogP contribution in [0.15, 0.2) is 48.5 Å². The summed E-state index contributed by atoms with van der Waals surface area (Å²) < 4.78 is 0. The molecule has 0 aliphatic heterocycles. The van der Waals surface area contributed by atoms with Crippen molar-refractivity contribution in [1.82, 2.24) is 5.32 Å². The number of hydrogen-bond acceptors (Lipinski definition) is 1. The Hall–Kier alpha value is -2.09. The average Bonchev–Trinajstić information content (AvgIpc) is 2.46. The van der Waals surface area contributed by atoms with Gasteiger partial charge < -0.3 is 5.32 Å². The second-order valence-corrected chi connectivity index (χ2v) is 4.90. The van der Waals surface area contributed by atoms with E-state index in [1.54, 1.807) is 7.05 Å². The molecule has 0 saturated heterocycles. The van der Waals surface area contributed by atoms with Crippen molar-refractivity contribution < 1.29 is 4.79 Å². The lowest BCUT2D eigenvalue weighted by atomic mass is 9.92. The highest BCUT2D eigenvalue weighted by Gasteiger charge is 2.10. The van der Waals surface area contributed by atoms with Gasteiger partial charge in [-0.3, -0.25) is 4.79 Å². The molecule has 2 nitrogen and oxygen atoms in total. The molecule has 2 heteroatoms. The Morgan fingerprint density at radius 1 is 1.05 bits per heavy atom. The first kappa shape index (κ1) is 13.3. The molecule has 0 aliphatic rings. The normalized spacial score (nSPS) is 10.5. The SMILES string of the molecule is CNC(=O)c1cccc(-c2ccccc2C(C)C)c1. The van der Waals surface area contributed by atoms with Crippen LogP contribution in [0.2, 0.25) is 0 Å². The van der Waals surface area contributed by atoms with Crippen LogP contribution in [0.5, 0.6) is 0 Å². The maximum atomic E-state index is 11.7. The number of hydrogen-bond donors (Lipinski definition) is 1. The second kappa shape index (κ2) is 5.70. The van der Waals surface area contributed by atoms with Crippen LogP contribution in [0.1, 0.15) is 35.7 Å². The van der Waals surface area contributed by atoms with Gasteiger partial charge in [0, 0.05) is 12.6 Å². The van der Waals surface area contributed by atoms with Gasteiger partial charge in [-0.1, -0.05) is 50.2 Å². The highest BCUT2D eigenvalue weighted by molar-refractivity contribution is 5.95. The van der Waals surface area contributed by atoms with Crippen LogP contribution in [0.25, 0.3) is 11.1 Å². The highest BCUT2D eigenvalue weighted by Crippen LogP contribution is 2.29. The molecule has 2 aromatic rings. The largest absolute Gasteiger partial charge is 0.355 e. The van der Waals surface area contributed by atoms with Gasteiger partial charge in [-0.15, -0.1) is 0 Å². The second-order valence-electron chi connectivity index (χ2n) is 4.90. The van der Waals surface area contributed by atoms with Crippen molar-refractivity contribution in [3.8, 4) is 11.1 Å². The summed E-state index contributed by atoms with van der Waals surface area (Å²) in [7, 11) is 1.65. The summed E-state index contributed by atoms with van der Waals surface area (Å²) in [6.45, 7) is 4.36. The van der Waals surface area contributed by atoms with Crippen LogP contribution in [0.3, 0.4) is 0 Å². The number of amides is 1. The van der Waals surface area contributed by atoms with Crippen LogP contribution >= 0.6 is 0 Å². The summed E-state index contributed by atoms with van der Waals surface area (Å²) in [5.41, 5.74) is 4.28. The minimum Gasteiger partial charge on any atom is -0.355 e. The third kappa shape index (κ3) is 2.84. The van der Waals surface area contributed by atoms with E-state index in [9.17, 15) is 4.79 Å². The standard InChI is InChI=1S/C17H19NO/c1-12(2)15-9-4-5-10-16(15)13-7-6-8-14(11-13)17(19)18-3/h4-12H,1-3H3,(H,18,19). The number of nitrogens with one attached hydrogen (secondary N) is 1. The first-order valence-corrected chi connectivity index (χ1v) is 6.55. The molecule has 19 heavy (non-hydrogen) atoms. The molecule has 1 amide bonds. The molecule has 1 N–H and O–H groups in total. The van der Waals surface area contributed by atoms with E-state index < -0.39 is 0 Å². The van der Waals surface area contributed by atoms with Crippen molar-refractivity contribution in [2.75, 3.05) is 7.05 Å². The van der Waals surface area contributed by atoms with Gasteiger partial charge in [-0.25, -0.2) is 0 Å². The van der Waals surface area contributed by atoms with E-state index in [0.717, 1.165) is 5.56 Å². The molecule has 98 valence electrons. The van der Waals surface area contributed by atoms with Crippen molar-refractivity contribution in [3.05, 3.63) is 59.7 Å². The van der Waals surface area contributed by atoms with Gasteiger partial charge in [0.15, 0.2) is 0 Å². The number of benzene rings is 2. The van der Waals surface area contributed by atoms with Gasteiger partial charge in [0.2, 0.25) is 0 Å². The van der Waals surface area contributed by atoms with Crippen molar-refractivity contribution in [1.29, 1.82) is 0 Å². The van der Waals surface area contributed by atoms with Gasteiger partial charge in [-0.2, -0.15) is 0 Å². The van der Waals surface area contributed by atoms with Crippen LogP contribution in [-0.2, 0) is 0 Å². The Bertz CT molecular complexity index is 587. The molecule has 2 rings (SSSR count). The van der Waals surface area contributed by atoms with E-state index in [4.69, 9.17) is 0 Å². The van der Waals surface area contributed by atoms with E-state index >= 15 is 0 Å². The quantitative estimate of drug-likeness (QED) is 0.884. The van der Waals surface area contributed by atoms with Gasteiger partial charge in [0.05, 0.1) is 0 Å². The van der Waals surface area contributed by atoms with E-state index in [0.29, 0.717) is 11.5 Å². The lowest BCUT2D eigenvalue weighted by Crippen LogP contribution is -2.17. The number of carbonyl (C=O) groups excluding carboxylic acids is 1. The minimum atomic E-state index is -0.0520. The smallest absolute Gasteiger partial charge is 0.251 e. The molecule has 0 saturated carbocycles. The average molecular weight is 253 g/mol. The summed E-state index contributed by atoms with van der Waals surface area (Å²) in [4.78, 5) is 11.7. The van der Waals surface area contributed by atoms with Crippen molar-refractivity contribution in [2.45, 2.75) is 19.8 Å². The minimum absolute atomic E-state index is 0.0520. The van der Waals surface area contributed by atoms with Crippen LogP contribution < -0.4 is 5.32 Å². The number of rotatable bonds is 3. The summed E-state index contributed by atoms with van der Waals surface area (Å²) >= 11 is 0. The van der Waals surface area contributed by atoms with Gasteiger partial charge in [-0.05, 0) is 34.7 Å². The predicted octanol–water partition coefficient (Wildman–Crippen LogP) is 3.84. The van der Waals surface area contributed by atoms with Crippen LogP contribution in [0, 0.1) is 0 Å². The van der Waals surface area contributed by atoms with Crippen molar-refractivity contribution in [2.24, 2.45) is 0 Å². The van der Waals surface area contributed by atoms with E-state index in [1.807, 2.05) is 30.3 Å². The topological polar surface area (TPSA) is 29.1 Å². The van der Waals surface area contributed by atoms with Crippen LogP contribution in [0.4, 0.5) is 0 Å². The molecule has 0 radical (unpaired) electrons. The van der Waals surface area contributed by atoms with Gasteiger partial charge in [0.1, 0.15) is 0 Å². The number of carbonyl (C=O) groups is 1. The molecule has 0 fully saturated rings. The zero-order valence-electron chi connectivity index (χ0n) is 11.6. The zero-order valence-corrected chi connectivity index (χ0v) is 11.6. The van der Waals surface area contributed by atoms with E-state index in [-0.39, 0.29) is 5.91 Å². The fourth-order valence-electron chi connectivity index (χ4n) is 2.24. The molecule has 2 aromatic carbocycles. The fourth-order valence-corrected chi connectivity index (χ4v) is 2.24. The summed E-state index contributed by atoms with van der Waals surface area (Å²) in [6.07, 6.45) is 0. The van der Waals surface area contributed by atoms with Crippen LogP contribution in [-0.4, -0.2) is 13.0 Å².